The maximum absolute atomic E-state index is 3.44. The van der Waals surface area contributed by atoms with Gasteiger partial charge in [0.2, 0.25) is 0 Å². The Morgan fingerprint density at radius 1 is 0.514 bits per heavy atom. The molecule has 4 aromatic rings. The van der Waals surface area contributed by atoms with E-state index in [2.05, 4.69) is 137 Å². The van der Waals surface area contributed by atoms with Gasteiger partial charge >= 0.3 is 25.8 Å². The first kappa shape index (κ1) is 31.0. The van der Waals surface area contributed by atoms with Gasteiger partial charge in [-0.1, -0.05) is 136 Å². The Bertz CT molecular complexity index is 1390. The van der Waals surface area contributed by atoms with Crippen LogP contribution < -0.4 is 24.8 Å². The van der Waals surface area contributed by atoms with E-state index in [0.29, 0.717) is 11.8 Å². The summed E-state index contributed by atoms with van der Waals surface area (Å²) >= 11 is 0. The fourth-order valence-electron chi connectivity index (χ4n) is 5.01. The quantitative estimate of drug-likeness (QED) is 0.225. The van der Waals surface area contributed by atoms with E-state index in [-0.39, 0.29) is 50.7 Å². The van der Waals surface area contributed by atoms with Crippen LogP contribution in [0, 0.1) is 24.0 Å². The van der Waals surface area contributed by atoms with Crippen molar-refractivity contribution in [2.75, 3.05) is 0 Å². The second-order valence-electron chi connectivity index (χ2n) is 9.40. The van der Waals surface area contributed by atoms with Crippen LogP contribution in [0.3, 0.4) is 0 Å². The molecule has 2 aliphatic rings. The molecule has 184 valence electrons. The van der Waals surface area contributed by atoms with Crippen molar-refractivity contribution in [3.63, 3.8) is 0 Å². The van der Waals surface area contributed by atoms with Gasteiger partial charge in [0.25, 0.3) is 0 Å². The van der Waals surface area contributed by atoms with Crippen LogP contribution in [0.2, 0.25) is 0 Å². The molecule has 0 fully saturated rings. The molecular formula is C34H30Cl2Hf. The van der Waals surface area contributed by atoms with Gasteiger partial charge in [0.05, 0.1) is 0 Å². The predicted octanol–water partition coefficient (Wildman–Crippen LogP) is 3.25. The van der Waals surface area contributed by atoms with Gasteiger partial charge in [-0.05, 0) is 21.5 Å². The molecule has 0 aliphatic heterocycles. The van der Waals surface area contributed by atoms with Crippen LogP contribution in [0.4, 0.5) is 0 Å². The van der Waals surface area contributed by atoms with Crippen molar-refractivity contribution < 1.29 is 50.7 Å². The number of benzene rings is 4. The molecule has 2 unspecified atom stereocenters. The molecule has 6 rings (SSSR count). The van der Waals surface area contributed by atoms with Gasteiger partial charge in [0.1, 0.15) is 0 Å². The molecule has 0 aromatic heterocycles. The minimum absolute atomic E-state index is 0. The first-order valence-electron chi connectivity index (χ1n) is 12.1. The monoisotopic (exact) mass is 688 g/mol. The topological polar surface area (TPSA) is 0 Å². The van der Waals surface area contributed by atoms with Crippen molar-refractivity contribution in [3.8, 4) is 0 Å². The van der Waals surface area contributed by atoms with Crippen LogP contribution in [-0.2, 0) is 25.8 Å². The SMILES string of the molecule is CC1=[C-]C(C)C=C1c1ccc2ccccc2c1.CC1=[C-]C(C)C=C1c1ccc2ccccc2c1.[Cl-].[Cl-].[Hf+4]. The van der Waals surface area contributed by atoms with Crippen molar-refractivity contribution in [3.05, 3.63) is 132 Å². The summed E-state index contributed by atoms with van der Waals surface area (Å²) in [5, 5.41) is 5.21. The van der Waals surface area contributed by atoms with E-state index in [1.165, 1.54) is 55.0 Å². The number of fused-ring (bicyclic) bond motifs is 2. The third-order valence-corrected chi connectivity index (χ3v) is 6.65. The second kappa shape index (κ2) is 13.6. The fraction of sp³-hybridized carbons (Fsp3) is 0.176. The molecule has 0 nitrogen and oxygen atoms in total. The standard InChI is InChI=1S/2C17H15.2ClH.Hf/c2*1-12-9-13(2)17(10-12)16-8-7-14-5-3-4-6-15(14)11-16;;;/h2*3-8,10-12H,1-2H3;2*1H;/q2*-1;;;+4/p-2. The molecule has 0 bridgehead atoms. The molecule has 0 radical (unpaired) electrons. The van der Waals surface area contributed by atoms with Crippen LogP contribution in [0.15, 0.2) is 108 Å². The van der Waals surface area contributed by atoms with Gasteiger partial charge in [-0.2, -0.15) is 23.3 Å². The molecule has 0 N–H and O–H groups in total. The van der Waals surface area contributed by atoms with Gasteiger partial charge in [0.15, 0.2) is 0 Å². The molecule has 4 aromatic carbocycles. The van der Waals surface area contributed by atoms with E-state index < -0.39 is 0 Å². The van der Waals surface area contributed by atoms with Gasteiger partial charge < -0.3 is 24.8 Å². The smallest absolute Gasteiger partial charge is 1.00 e. The van der Waals surface area contributed by atoms with E-state index in [4.69, 9.17) is 0 Å². The number of halogens is 2. The Morgan fingerprint density at radius 3 is 1.19 bits per heavy atom. The molecule has 2 atom stereocenters. The van der Waals surface area contributed by atoms with E-state index in [1.54, 1.807) is 0 Å². The Kier molecular flexibility index (Phi) is 11.4. The third-order valence-electron chi connectivity index (χ3n) is 6.65. The fourth-order valence-corrected chi connectivity index (χ4v) is 5.01. The minimum Gasteiger partial charge on any atom is -1.00 e. The molecule has 0 amide bonds. The summed E-state index contributed by atoms with van der Waals surface area (Å²) in [5.74, 6) is 0.882. The Morgan fingerprint density at radius 2 is 0.865 bits per heavy atom. The Balaban J connectivity index is 0.000000241. The number of allylic oxidation sites excluding steroid dienone is 8. The summed E-state index contributed by atoms with van der Waals surface area (Å²) in [4.78, 5) is 0. The predicted molar refractivity (Wildman–Crippen MR) is 147 cm³/mol. The summed E-state index contributed by atoms with van der Waals surface area (Å²) < 4.78 is 0. The van der Waals surface area contributed by atoms with Gasteiger partial charge in [-0.3, -0.25) is 12.2 Å². The van der Waals surface area contributed by atoms with E-state index in [0.717, 1.165) is 0 Å². The summed E-state index contributed by atoms with van der Waals surface area (Å²) in [7, 11) is 0. The summed E-state index contributed by atoms with van der Waals surface area (Å²) in [6.07, 6.45) is 11.5. The average Bonchev–Trinajstić information content (AvgIpc) is 3.38. The normalized spacial score (nSPS) is 17.7. The van der Waals surface area contributed by atoms with Crippen LogP contribution >= 0.6 is 0 Å². The molecule has 3 heteroatoms. The first-order chi connectivity index (χ1) is 16.5. The van der Waals surface area contributed by atoms with Crippen molar-refractivity contribution in [1.29, 1.82) is 0 Å². The van der Waals surface area contributed by atoms with Crippen LogP contribution in [0.25, 0.3) is 32.7 Å². The van der Waals surface area contributed by atoms with Crippen LogP contribution in [0.1, 0.15) is 38.8 Å². The van der Waals surface area contributed by atoms with Crippen molar-refractivity contribution in [1.82, 2.24) is 0 Å². The van der Waals surface area contributed by atoms with Crippen LogP contribution in [0.5, 0.6) is 0 Å². The zero-order valence-electron chi connectivity index (χ0n) is 21.6. The summed E-state index contributed by atoms with van der Waals surface area (Å²) in [6, 6.07) is 30.3. The molecule has 37 heavy (non-hydrogen) atoms. The van der Waals surface area contributed by atoms with E-state index >= 15 is 0 Å². The van der Waals surface area contributed by atoms with Crippen LogP contribution in [-0.4, -0.2) is 0 Å². The number of hydrogen-bond donors (Lipinski definition) is 0. The maximum atomic E-state index is 3.44. The molecule has 0 saturated heterocycles. The van der Waals surface area contributed by atoms with Crippen molar-refractivity contribution >= 4 is 32.7 Å². The molecular weight excluding hydrogens is 658 g/mol. The van der Waals surface area contributed by atoms with Gasteiger partial charge in [-0.15, -0.1) is 0 Å². The largest absolute Gasteiger partial charge is 4.00 e. The maximum Gasteiger partial charge on any atom is 4.00 e. The summed E-state index contributed by atoms with van der Waals surface area (Å²) in [6.45, 7) is 8.64. The van der Waals surface area contributed by atoms with Crippen molar-refractivity contribution in [2.24, 2.45) is 11.8 Å². The molecule has 0 spiro atoms. The van der Waals surface area contributed by atoms with E-state index in [1.807, 2.05) is 0 Å². The third kappa shape index (κ3) is 7.02. The number of hydrogen-bond acceptors (Lipinski definition) is 0. The molecule has 0 saturated carbocycles. The number of rotatable bonds is 2. The van der Waals surface area contributed by atoms with Gasteiger partial charge in [0, 0.05) is 0 Å². The Labute approximate surface area is 252 Å². The van der Waals surface area contributed by atoms with Gasteiger partial charge in [-0.25, -0.2) is 11.1 Å². The zero-order valence-corrected chi connectivity index (χ0v) is 26.8. The zero-order chi connectivity index (χ0) is 23.7. The first-order valence-corrected chi connectivity index (χ1v) is 12.1. The summed E-state index contributed by atoms with van der Waals surface area (Å²) in [5.41, 5.74) is 7.82. The minimum atomic E-state index is 0. The van der Waals surface area contributed by atoms with E-state index in [9.17, 15) is 0 Å². The Hall–Kier alpha value is -2.19. The average molecular weight is 688 g/mol. The van der Waals surface area contributed by atoms with Crippen molar-refractivity contribution in [2.45, 2.75) is 27.7 Å². The second-order valence-corrected chi connectivity index (χ2v) is 9.40. The molecule has 0 heterocycles. The molecule has 2 aliphatic carbocycles.